The fraction of sp³-hybridized carbons (Fsp3) is 0.154. The number of sulfonamides is 1. The zero-order valence-electron chi connectivity index (χ0n) is 10.5. The molecule has 1 atom stereocenters. The van der Waals surface area contributed by atoms with Gasteiger partial charge in [-0.15, -0.1) is 0 Å². The first-order valence-corrected chi connectivity index (χ1v) is 8.44. The molecule has 0 saturated heterocycles. The summed E-state index contributed by atoms with van der Waals surface area (Å²) in [6, 6.07) is 10.0. The number of rotatable bonds is 4. The van der Waals surface area contributed by atoms with Gasteiger partial charge in [-0.1, -0.05) is 39.7 Å². The highest BCUT2D eigenvalue weighted by molar-refractivity contribution is 9.10. The van der Waals surface area contributed by atoms with Crippen LogP contribution in [0.5, 0.6) is 0 Å². The monoisotopic (exact) mass is 374 g/mol. The number of nitrogens with one attached hydrogen (secondary N) is 1. The van der Waals surface area contributed by atoms with Gasteiger partial charge >= 0.3 is 0 Å². The SMILES string of the molecule is CC(NS(=O)(=O)c1cccnc1Cl)c1cccc(Br)c1. The summed E-state index contributed by atoms with van der Waals surface area (Å²) in [5, 5.41) is -0.0403. The van der Waals surface area contributed by atoms with E-state index in [1.807, 2.05) is 24.3 Å². The van der Waals surface area contributed by atoms with E-state index in [2.05, 4.69) is 25.6 Å². The van der Waals surface area contributed by atoms with Crippen molar-refractivity contribution in [1.82, 2.24) is 9.71 Å². The molecule has 1 heterocycles. The van der Waals surface area contributed by atoms with Crippen LogP contribution in [0.2, 0.25) is 5.15 Å². The predicted octanol–water partition coefficient (Wildman–Crippen LogP) is 3.54. The molecule has 0 aliphatic rings. The van der Waals surface area contributed by atoms with Crippen molar-refractivity contribution in [1.29, 1.82) is 0 Å². The average Bonchev–Trinajstić information content (AvgIpc) is 2.38. The van der Waals surface area contributed by atoms with E-state index in [9.17, 15) is 8.42 Å². The zero-order valence-corrected chi connectivity index (χ0v) is 13.7. The Labute approximate surface area is 131 Å². The summed E-state index contributed by atoms with van der Waals surface area (Å²) < 4.78 is 28.0. The van der Waals surface area contributed by atoms with Gasteiger partial charge in [0.25, 0.3) is 0 Å². The molecule has 2 aromatic rings. The second-order valence-corrected chi connectivity index (χ2v) is 7.15. The van der Waals surface area contributed by atoms with E-state index in [1.54, 1.807) is 6.92 Å². The molecule has 20 heavy (non-hydrogen) atoms. The quantitative estimate of drug-likeness (QED) is 0.832. The molecule has 2 rings (SSSR count). The highest BCUT2D eigenvalue weighted by Crippen LogP contribution is 2.22. The maximum Gasteiger partial charge on any atom is 0.244 e. The number of halogens is 2. The van der Waals surface area contributed by atoms with Gasteiger partial charge in [-0.2, -0.15) is 0 Å². The Balaban J connectivity index is 2.27. The van der Waals surface area contributed by atoms with Gasteiger partial charge in [0, 0.05) is 16.7 Å². The van der Waals surface area contributed by atoms with Gasteiger partial charge in [0.15, 0.2) is 0 Å². The van der Waals surface area contributed by atoms with Crippen LogP contribution in [0.1, 0.15) is 18.5 Å². The maximum atomic E-state index is 12.3. The van der Waals surface area contributed by atoms with Crippen LogP contribution in [-0.4, -0.2) is 13.4 Å². The highest BCUT2D eigenvalue weighted by atomic mass is 79.9. The van der Waals surface area contributed by atoms with Crippen LogP contribution in [0.25, 0.3) is 0 Å². The van der Waals surface area contributed by atoms with Crippen molar-refractivity contribution >= 4 is 37.6 Å². The zero-order chi connectivity index (χ0) is 14.8. The summed E-state index contributed by atoms with van der Waals surface area (Å²) >= 11 is 9.18. The third kappa shape index (κ3) is 3.58. The molecule has 0 aliphatic carbocycles. The van der Waals surface area contributed by atoms with E-state index in [0.717, 1.165) is 10.0 Å². The molecule has 4 nitrogen and oxygen atoms in total. The Morgan fingerprint density at radius 2 is 2.05 bits per heavy atom. The summed E-state index contributed by atoms with van der Waals surface area (Å²) in [7, 11) is -3.71. The maximum absolute atomic E-state index is 12.3. The predicted molar refractivity (Wildman–Crippen MR) is 82.1 cm³/mol. The second kappa shape index (κ2) is 6.22. The van der Waals surface area contributed by atoms with Crippen molar-refractivity contribution in [3.63, 3.8) is 0 Å². The lowest BCUT2D eigenvalue weighted by Crippen LogP contribution is -2.27. The third-order valence-corrected chi connectivity index (χ3v) is 5.17. The fourth-order valence-electron chi connectivity index (χ4n) is 1.71. The van der Waals surface area contributed by atoms with Crippen molar-refractivity contribution < 1.29 is 8.42 Å². The molecule has 0 fully saturated rings. The lowest BCUT2D eigenvalue weighted by atomic mass is 10.1. The van der Waals surface area contributed by atoms with Crippen LogP contribution in [-0.2, 0) is 10.0 Å². The Morgan fingerprint density at radius 3 is 2.70 bits per heavy atom. The van der Waals surface area contributed by atoms with Crippen molar-refractivity contribution in [3.8, 4) is 0 Å². The van der Waals surface area contributed by atoms with Gasteiger partial charge in [-0.05, 0) is 36.8 Å². The molecule has 7 heteroatoms. The summed E-state index contributed by atoms with van der Waals surface area (Å²) in [6.07, 6.45) is 1.44. The summed E-state index contributed by atoms with van der Waals surface area (Å²) in [4.78, 5) is 3.75. The summed E-state index contributed by atoms with van der Waals surface area (Å²) in [5.41, 5.74) is 0.850. The third-order valence-electron chi connectivity index (χ3n) is 2.69. The Kier molecular flexibility index (Phi) is 4.80. The van der Waals surface area contributed by atoms with Gasteiger partial charge in [0.05, 0.1) is 0 Å². The van der Waals surface area contributed by atoms with Gasteiger partial charge in [-0.3, -0.25) is 0 Å². The topological polar surface area (TPSA) is 59.1 Å². The number of benzene rings is 1. The van der Waals surface area contributed by atoms with Crippen LogP contribution in [0, 0.1) is 0 Å². The van der Waals surface area contributed by atoms with Gasteiger partial charge in [0.1, 0.15) is 10.0 Å². The molecule has 0 radical (unpaired) electrons. The number of aromatic nitrogens is 1. The van der Waals surface area contributed by atoms with Crippen molar-refractivity contribution in [2.45, 2.75) is 17.9 Å². The first-order chi connectivity index (χ1) is 9.40. The van der Waals surface area contributed by atoms with Crippen molar-refractivity contribution in [2.75, 3.05) is 0 Å². The summed E-state index contributed by atoms with van der Waals surface area (Å²) in [5.74, 6) is 0. The van der Waals surface area contributed by atoms with E-state index in [1.165, 1.54) is 18.3 Å². The van der Waals surface area contributed by atoms with Crippen LogP contribution < -0.4 is 4.72 Å². The van der Waals surface area contributed by atoms with E-state index in [0.29, 0.717) is 0 Å². The molecule has 1 unspecified atom stereocenters. The molecule has 0 bridgehead atoms. The van der Waals surface area contributed by atoms with Crippen molar-refractivity contribution in [2.24, 2.45) is 0 Å². The number of hydrogen-bond acceptors (Lipinski definition) is 3. The number of hydrogen-bond donors (Lipinski definition) is 1. The number of nitrogens with zero attached hydrogens (tertiary/aromatic N) is 1. The van der Waals surface area contributed by atoms with E-state index in [4.69, 9.17) is 11.6 Å². The molecule has 0 aliphatic heterocycles. The molecule has 0 spiro atoms. The van der Waals surface area contributed by atoms with Gasteiger partial charge in [0.2, 0.25) is 10.0 Å². The highest BCUT2D eigenvalue weighted by Gasteiger charge is 2.21. The van der Waals surface area contributed by atoms with E-state index in [-0.39, 0.29) is 16.1 Å². The smallest absolute Gasteiger partial charge is 0.243 e. The molecule has 106 valence electrons. The average molecular weight is 376 g/mol. The first kappa shape index (κ1) is 15.4. The molecular formula is C13H12BrClN2O2S. The second-order valence-electron chi connectivity index (χ2n) is 4.19. The van der Waals surface area contributed by atoms with Crippen LogP contribution in [0.4, 0.5) is 0 Å². The molecular weight excluding hydrogens is 364 g/mol. The minimum absolute atomic E-state index is 0.0245. The minimum Gasteiger partial charge on any atom is -0.243 e. The lowest BCUT2D eigenvalue weighted by Gasteiger charge is -2.15. The van der Waals surface area contributed by atoms with Crippen LogP contribution in [0.15, 0.2) is 52.0 Å². The molecule has 1 aromatic carbocycles. The summed E-state index contributed by atoms with van der Waals surface area (Å²) in [6.45, 7) is 1.77. The van der Waals surface area contributed by atoms with Gasteiger partial charge < -0.3 is 0 Å². The minimum atomic E-state index is -3.71. The van der Waals surface area contributed by atoms with Gasteiger partial charge in [-0.25, -0.2) is 18.1 Å². The molecule has 1 N–H and O–H groups in total. The lowest BCUT2D eigenvalue weighted by molar-refractivity contribution is 0.566. The standard InChI is InChI=1S/C13H12BrClN2O2S/c1-9(10-4-2-5-11(14)8-10)17-20(18,19)12-6-3-7-16-13(12)15/h2-9,17H,1H3. The van der Waals surface area contributed by atoms with Crippen LogP contribution >= 0.6 is 27.5 Å². The Morgan fingerprint density at radius 1 is 1.30 bits per heavy atom. The van der Waals surface area contributed by atoms with Crippen molar-refractivity contribution in [3.05, 3.63) is 57.8 Å². The molecule has 0 saturated carbocycles. The van der Waals surface area contributed by atoms with Crippen LogP contribution in [0.3, 0.4) is 0 Å². The Bertz CT molecular complexity index is 722. The fourth-order valence-corrected chi connectivity index (χ4v) is 3.81. The molecule has 0 amide bonds. The molecule has 1 aromatic heterocycles. The normalized spacial score (nSPS) is 13.2. The number of pyridine rings is 1. The van der Waals surface area contributed by atoms with E-state index >= 15 is 0 Å². The first-order valence-electron chi connectivity index (χ1n) is 5.78. The largest absolute Gasteiger partial charge is 0.244 e. The Hall–Kier alpha value is -0.950. The van der Waals surface area contributed by atoms with E-state index < -0.39 is 10.0 Å².